The molecular formula is C18H17N3O10. The van der Waals surface area contributed by atoms with Gasteiger partial charge in [-0.1, -0.05) is 0 Å². The van der Waals surface area contributed by atoms with Gasteiger partial charge >= 0.3 is 12.3 Å². The molecule has 0 radical (unpaired) electrons. The van der Waals surface area contributed by atoms with Crippen molar-refractivity contribution in [1.29, 1.82) is 0 Å². The van der Waals surface area contributed by atoms with Crippen LogP contribution in [0.4, 0.5) is 21.0 Å². The van der Waals surface area contributed by atoms with Gasteiger partial charge in [-0.3, -0.25) is 20.2 Å². The summed E-state index contributed by atoms with van der Waals surface area (Å²) in [4.78, 5) is 43.0. The third kappa shape index (κ3) is 8.33. The molecule has 0 atom stereocenters. The van der Waals surface area contributed by atoms with Gasteiger partial charge in [-0.05, 0) is 24.3 Å². The van der Waals surface area contributed by atoms with E-state index < -0.39 is 22.2 Å². The number of benzene rings is 2. The molecule has 13 heteroatoms. The zero-order chi connectivity index (χ0) is 22.6. The van der Waals surface area contributed by atoms with Crippen molar-refractivity contribution in [3.63, 3.8) is 0 Å². The number of rotatable bonds is 10. The third-order valence-electron chi connectivity index (χ3n) is 3.49. The maximum atomic E-state index is 11.5. The molecule has 2 rings (SSSR count). The van der Waals surface area contributed by atoms with Crippen LogP contribution in [0.1, 0.15) is 0 Å². The predicted molar refractivity (Wildman–Crippen MR) is 103 cm³/mol. The first-order valence-electron chi connectivity index (χ1n) is 8.74. The van der Waals surface area contributed by atoms with E-state index in [1.54, 1.807) is 0 Å². The summed E-state index contributed by atoms with van der Waals surface area (Å²) in [6.07, 6.45) is -1.95. The van der Waals surface area contributed by atoms with Crippen molar-refractivity contribution in [2.75, 3.05) is 26.3 Å². The lowest BCUT2D eigenvalue weighted by atomic mass is 10.3. The van der Waals surface area contributed by atoms with Crippen LogP contribution in [0, 0.1) is 20.2 Å². The number of hydrogen-bond acceptors (Lipinski definition) is 11. The van der Waals surface area contributed by atoms with Gasteiger partial charge in [0, 0.05) is 37.4 Å². The van der Waals surface area contributed by atoms with Crippen molar-refractivity contribution in [3.8, 4) is 11.5 Å². The Bertz CT molecular complexity index is 840. The molecule has 0 unspecified atom stereocenters. The van der Waals surface area contributed by atoms with Gasteiger partial charge in [-0.2, -0.15) is 0 Å². The molecule has 0 amide bonds. The summed E-state index contributed by atoms with van der Waals surface area (Å²) in [6.45, 7) is 0.435. The fourth-order valence-electron chi connectivity index (χ4n) is 2.06. The zero-order valence-electron chi connectivity index (χ0n) is 15.9. The first-order valence-corrected chi connectivity index (χ1v) is 8.74. The standard InChI is InChI=1S/C18H17N3O10/c22-17(30-15-5-1-13(2-6-15)20(24)25)28-11-9-19-10-12-29-18(23)31-16-7-3-14(4-8-16)21(26)27/h1-8,19H,9-12H2. The average Bonchev–Trinajstić information content (AvgIpc) is 2.73. The minimum Gasteiger partial charge on any atom is -0.433 e. The number of hydrogen-bond donors (Lipinski definition) is 1. The van der Waals surface area contributed by atoms with E-state index in [2.05, 4.69) is 5.32 Å². The van der Waals surface area contributed by atoms with Crippen molar-refractivity contribution >= 4 is 23.7 Å². The molecule has 0 aromatic heterocycles. The molecular weight excluding hydrogens is 418 g/mol. The Morgan fingerprint density at radius 2 is 1.06 bits per heavy atom. The molecule has 13 nitrogen and oxygen atoms in total. The van der Waals surface area contributed by atoms with Gasteiger partial charge in [-0.15, -0.1) is 0 Å². The second kappa shape index (κ2) is 11.7. The summed E-state index contributed by atoms with van der Waals surface area (Å²) in [6, 6.07) is 9.84. The smallest absolute Gasteiger partial charge is 0.433 e. The molecule has 0 saturated carbocycles. The number of non-ortho nitro benzene ring substituents is 2. The topological polar surface area (TPSA) is 169 Å². The highest BCUT2D eigenvalue weighted by Gasteiger charge is 2.10. The molecule has 0 heterocycles. The third-order valence-corrected chi connectivity index (χ3v) is 3.49. The maximum absolute atomic E-state index is 11.5. The molecule has 0 saturated heterocycles. The van der Waals surface area contributed by atoms with Crippen molar-refractivity contribution in [3.05, 3.63) is 68.8 Å². The van der Waals surface area contributed by atoms with Crippen molar-refractivity contribution in [2.24, 2.45) is 0 Å². The van der Waals surface area contributed by atoms with E-state index in [1.165, 1.54) is 48.5 Å². The largest absolute Gasteiger partial charge is 0.513 e. The lowest BCUT2D eigenvalue weighted by Crippen LogP contribution is -2.27. The lowest BCUT2D eigenvalue weighted by Gasteiger charge is -2.08. The van der Waals surface area contributed by atoms with Gasteiger partial charge in [0.2, 0.25) is 0 Å². The normalized spacial score (nSPS) is 10.1. The van der Waals surface area contributed by atoms with Crippen molar-refractivity contribution < 1.29 is 38.4 Å². The van der Waals surface area contributed by atoms with Gasteiger partial charge in [0.15, 0.2) is 0 Å². The highest BCUT2D eigenvalue weighted by Crippen LogP contribution is 2.18. The number of nitro groups is 2. The number of nitrogens with one attached hydrogen (secondary N) is 1. The average molecular weight is 435 g/mol. The minimum atomic E-state index is -0.974. The Labute approximate surface area is 174 Å². The molecule has 0 aliphatic carbocycles. The summed E-state index contributed by atoms with van der Waals surface area (Å²) >= 11 is 0. The van der Waals surface area contributed by atoms with E-state index in [0.717, 1.165) is 0 Å². The van der Waals surface area contributed by atoms with Crippen LogP contribution in [0.3, 0.4) is 0 Å². The molecule has 164 valence electrons. The Hall–Kier alpha value is -4.26. The summed E-state index contributed by atoms with van der Waals surface area (Å²) in [7, 11) is 0. The summed E-state index contributed by atoms with van der Waals surface area (Å²) in [5.41, 5.74) is -0.271. The zero-order valence-corrected chi connectivity index (χ0v) is 15.9. The van der Waals surface area contributed by atoms with E-state index in [-0.39, 0.29) is 49.2 Å². The van der Waals surface area contributed by atoms with E-state index >= 15 is 0 Å². The molecule has 0 spiro atoms. The van der Waals surface area contributed by atoms with Gasteiger partial charge in [0.25, 0.3) is 11.4 Å². The first kappa shape index (κ1) is 23.0. The molecule has 0 aliphatic rings. The summed E-state index contributed by atoms with van der Waals surface area (Å²) < 4.78 is 19.3. The van der Waals surface area contributed by atoms with Crippen LogP contribution in [-0.2, 0) is 9.47 Å². The van der Waals surface area contributed by atoms with Crippen LogP contribution >= 0.6 is 0 Å². The van der Waals surface area contributed by atoms with Gasteiger partial charge in [0.1, 0.15) is 24.7 Å². The SMILES string of the molecule is O=C(OCCNCCOC(=O)Oc1ccc([N+](=O)[O-])cc1)Oc1ccc([N+](=O)[O-])cc1. The monoisotopic (exact) mass is 435 g/mol. The van der Waals surface area contributed by atoms with Crippen molar-refractivity contribution in [2.45, 2.75) is 0 Å². The minimum absolute atomic E-state index is 0.0287. The van der Waals surface area contributed by atoms with Crippen molar-refractivity contribution in [1.82, 2.24) is 5.32 Å². The number of nitrogens with zero attached hydrogens (tertiary/aromatic N) is 2. The second-order valence-corrected chi connectivity index (χ2v) is 5.65. The predicted octanol–water partition coefficient (Wildman–Crippen LogP) is 2.82. The van der Waals surface area contributed by atoms with Gasteiger partial charge < -0.3 is 24.3 Å². The molecule has 2 aromatic carbocycles. The van der Waals surface area contributed by atoms with Crippen LogP contribution in [-0.4, -0.2) is 48.5 Å². The Morgan fingerprint density at radius 1 is 0.710 bits per heavy atom. The Balaban J connectivity index is 1.53. The van der Waals surface area contributed by atoms with Crippen LogP contribution in [0.2, 0.25) is 0 Å². The quantitative estimate of drug-likeness (QED) is 0.191. The number of carbonyl (C=O) groups excluding carboxylic acids is 2. The lowest BCUT2D eigenvalue weighted by molar-refractivity contribution is -0.385. The molecule has 0 aliphatic heterocycles. The molecule has 0 fully saturated rings. The van der Waals surface area contributed by atoms with Gasteiger partial charge in [0.05, 0.1) is 9.85 Å². The van der Waals surface area contributed by atoms with Crippen LogP contribution in [0.25, 0.3) is 0 Å². The molecule has 1 N–H and O–H groups in total. The molecule has 31 heavy (non-hydrogen) atoms. The van der Waals surface area contributed by atoms with Crippen LogP contribution in [0.15, 0.2) is 48.5 Å². The van der Waals surface area contributed by atoms with Gasteiger partial charge in [-0.25, -0.2) is 9.59 Å². The highest BCUT2D eigenvalue weighted by molar-refractivity contribution is 5.64. The fourth-order valence-corrected chi connectivity index (χ4v) is 2.06. The summed E-state index contributed by atoms with van der Waals surface area (Å²) in [5, 5.41) is 23.9. The summed E-state index contributed by atoms with van der Waals surface area (Å²) in [5.74, 6) is 0.201. The molecule has 0 bridgehead atoms. The Morgan fingerprint density at radius 3 is 1.39 bits per heavy atom. The fraction of sp³-hybridized carbons (Fsp3) is 0.222. The van der Waals surface area contributed by atoms with E-state index in [0.29, 0.717) is 0 Å². The highest BCUT2D eigenvalue weighted by atomic mass is 16.7. The van der Waals surface area contributed by atoms with E-state index in [1.807, 2.05) is 0 Å². The second-order valence-electron chi connectivity index (χ2n) is 5.65. The van der Waals surface area contributed by atoms with E-state index in [4.69, 9.17) is 18.9 Å². The van der Waals surface area contributed by atoms with Crippen LogP contribution < -0.4 is 14.8 Å². The van der Waals surface area contributed by atoms with Crippen LogP contribution in [0.5, 0.6) is 11.5 Å². The first-order chi connectivity index (χ1) is 14.8. The number of nitro benzene ring substituents is 2. The molecule has 2 aromatic rings. The Kier molecular flexibility index (Phi) is 8.67. The van der Waals surface area contributed by atoms with E-state index in [9.17, 15) is 29.8 Å². The maximum Gasteiger partial charge on any atom is 0.513 e. The number of ether oxygens (including phenoxy) is 4. The number of carbonyl (C=O) groups is 2.